The molecule has 0 aliphatic carbocycles. The smallest absolute Gasteiger partial charge is 0.322 e. The van der Waals surface area contributed by atoms with Crippen LogP contribution in [0.5, 0.6) is 0 Å². The van der Waals surface area contributed by atoms with E-state index in [-0.39, 0.29) is 5.75 Å². The molecule has 0 aliphatic heterocycles. The lowest BCUT2D eigenvalue weighted by atomic mass is 10.0. The van der Waals surface area contributed by atoms with Crippen molar-refractivity contribution in [1.82, 2.24) is 4.72 Å². The maximum atomic E-state index is 11.9. The first-order chi connectivity index (χ1) is 14.3. The molecule has 1 atom stereocenters. The van der Waals surface area contributed by atoms with Crippen LogP contribution in [0, 0.1) is 0 Å². The molecule has 0 saturated heterocycles. The van der Waals surface area contributed by atoms with Crippen molar-refractivity contribution >= 4 is 22.0 Å². The lowest BCUT2D eigenvalue weighted by Crippen LogP contribution is -2.43. The molecule has 3 N–H and O–H groups in total. The zero-order valence-corrected chi connectivity index (χ0v) is 19.6. The maximum Gasteiger partial charge on any atom is 0.322 e. The Bertz CT molecular complexity index is 550. The van der Waals surface area contributed by atoms with E-state index in [4.69, 9.17) is 10.2 Å². The van der Waals surface area contributed by atoms with Crippen molar-refractivity contribution in [3.63, 3.8) is 0 Å². The summed E-state index contributed by atoms with van der Waals surface area (Å²) in [6, 6.07) is -1.62. The van der Waals surface area contributed by atoms with Gasteiger partial charge in [0.15, 0.2) is 0 Å². The minimum atomic E-state index is -3.79. The molecule has 0 radical (unpaired) electrons. The summed E-state index contributed by atoms with van der Waals surface area (Å²) in [7, 11) is -3.79. The quantitative estimate of drug-likeness (QED) is 0.198. The molecule has 0 bridgehead atoms. The van der Waals surface area contributed by atoms with Crippen molar-refractivity contribution in [3.05, 3.63) is 0 Å². The second-order valence-electron chi connectivity index (χ2n) is 8.23. The van der Waals surface area contributed by atoms with Gasteiger partial charge in [-0.1, -0.05) is 103 Å². The average Bonchev–Trinajstić information content (AvgIpc) is 2.66. The highest BCUT2D eigenvalue weighted by atomic mass is 32.2. The number of carboxylic acid groups (broad SMARTS) is 2. The second-order valence-corrected chi connectivity index (χ2v) is 10.1. The zero-order chi connectivity index (χ0) is 22.7. The second kappa shape index (κ2) is 18.6. The third-order valence-electron chi connectivity index (χ3n) is 5.27. The summed E-state index contributed by atoms with van der Waals surface area (Å²) in [5, 5.41) is 17.6. The van der Waals surface area contributed by atoms with E-state index in [1.807, 2.05) is 4.72 Å². The Morgan fingerprint density at radius 3 is 1.40 bits per heavy atom. The molecule has 0 spiro atoms. The summed E-state index contributed by atoms with van der Waals surface area (Å²) in [4.78, 5) is 21.6. The number of hydrogen-bond acceptors (Lipinski definition) is 4. The molecule has 7 nitrogen and oxygen atoms in total. The van der Waals surface area contributed by atoms with Crippen LogP contribution in [0.4, 0.5) is 0 Å². The number of unbranched alkanes of at least 4 members (excludes halogenated alkanes) is 15. The molecule has 0 amide bonds. The van der Waals surface area contributed by atoms with Crippen LogP contribution in [0.25, 0.3) is 0 Å². The number of carbonyl (C=O) groups is 2. The fourth-order valence-corrected chi connectivity index (χ4v) is 4.79. The van der Waals surface area contributed by atoms with Crippen LogP contribution in [-0.4, -0.2) is 42.4 Å². The van der Waals surface area contributed by atoms with E-state index in [2.05, 4.69) is 6.92 Å². The molecule has 0 fully saturated rings. The Balaban J connectivity index is 3.56. The van der Waals surface area contributed by atoms with Gasteiger partial charge in [0, 0.05) is 0 Å². The van der Waals surface area contributed by atoms with Gasteiger partial charge in [-0.2, -0.15) is 0 Å². The van der Waals surface area contributed by atoms with E-state index in [1.54, 1.807) is 0 Å². The molecule has 8 heteroatoms. The Morgan fingerprint density at radius 2 is 1.07 bits per heavy atom. The zero-order valence-electron chi connectivity index (χ0n) is 18.7. The van der Waals surface area contributed by atoms with Gasteiger partial charge in [-0.05, 0) is 6.42 Å². The van der Waals surface area contributed by atoms with Crippen LogP contribution in [0.2, 0.25) is 0 Å². The highest BCUT2D eigenvalue weighted by molar-refractivity contribution is 7.89. The fourth-order valence-electron chi connectivity index (χ4n) is 3.47. The minimum absolute atomic E-state index is 0.172. The molecule has 0 aromatic rings. The molecular formula is C22H43NO6S. The van der Waals surface area contributed by atoms with E-state index in [9.17, 15) is 18.0 Å². The molecule has 0 rings (SSSR count). The molecule has 1 unspecified atom stereocenters. The summed E-state index contributed by atoms with van der Waals surface area (Å²) >= 11 is 0. The first-order valence-electron chi connectivity index (χ1n) is 11.7. The van der Waals surface area contributed by atoms with E-state index in [0.29, 0.717) is 6.42 Å². The first-order valence-corrected chi connectivity index (χ1v) is 13.4. The lowest BCUT2D eigenvalue weighted by molar-refractivity contribution is -0.145. The lowest BCUT2D eigenvalue weighted by Gasteiger charge is -2.12. The number of aliphatic carboxylic acids is 2. The van der Waals surface area contributed by atoms with Crippen molar-refractivity contribution in [2.75, 3.05) is 5.75 Å². The Labute approximate surface area is 183 Å². The Morgan fingerprint density at radius 1 is 0.700 bits per heavy atom. The SMILES string of the molecule is CCCCCCCCCCCCCCCCCCS(=O)(=O)NC(CC(=O)O)C(=O)O. The van der Waals surface area contributed by atoms with Crippen LogP contribution < -0.4 is 4.72 Å². The number of sulfonamides is 1. The molecule has 0 aromatic carbocycles. The van der Waals surface area contributed by atoms with Gasteiger partial charge >= 0.3 is 11.9 Å². The van der Waals surface area contributed by atoms with Crippen LogP contribution in [0.15, 0.2) is 0 Å². The molecule has 30 heavy (non-hydrogen) atoms. The standard InChI is InChI=1S/C22H43NO6S/c1-2-3-4-5-6-7-8-9-10-11-12-13-14-15-16-17-18-30(28,29)23-20(22(26)27)19-21(24)25/h20,23H,2-19H2,1H3,(H,24,25)(H,26,27). The number of nitrogens with one attached hydrogen (secondary N) is 1. The van der Waals surface area contributed by atoms with Crippen molar-refractivity contribution in [3.8, 4) is 0 Å². The van der Waals surface area contributed by atoms with Gasteiger partial charge in [0.25, 0.3) is 0 Å². The summed E-state index contributed by atoms with van der Waals surface area (Å²) < 4.78 is 25.8. The Kier molecular flexibility index (Phi) is 17.9. The van der Waals surface area contributed by atoms with Gasteiger partial charge in [-0.3, -0.25) is 9.59 Å². The largest absolute Gasteiger partial charge is 0.481 e. The predicted molar refractivity (Wildman–Crippen MR) is 120 cm³/mol. The van der Waals surface area contributed by atoms with Crippen LogP contribution in [0.1, 0.15) is 116 Å². The average molecular weight is 450 g/mol. The van der Waals surface area contributed by atoms with E-state index >= 15 is 0 Å². The highest BCUT2D eigenvalue weighted by Crippen LogP contribution is 2.14. The van der Waals surface area contributed by atoms with Crippen molar-refractivity contribution in [2.24, 2.45) is 0 Å². The van der Waals surface area contributed by atoms with Crippen molar-refractivity contribution in [2.45, 2.75) is 122 Å². The highest BCUT2D eigenvalue weighted by Gasteiger charge is 2.26. The monoisotopic (exact) mass is 449 g/mol. The van der Waals surface area contributed by atoms with E-state index in [1.165, 1.54) is 77.0 Å². The van der Waals surface area contributed by atoms with Crippen LogP contribution in [-0.2, 0) is 19.6 Å². The van der Waals surface area contributed by atoms with E-state index in [0.717, 1.165) is 19.3 Å². The molecule has 0 saturated carbocycles. The molecule has 0 heterocycles. The van der Waals surface area contributed by atoms with Gasteiger partial charge < -0.3 is 10.2 Å². The van der Waals surface area contributed by atoms with Crippen LogP contribution in [0.3, 0.4) is 0 Å². The summed E-state index contributed by atoms with van der Waals surface area (Å²) in [6.07, 6.45) is 18.3. The maximum absolute atomic E-state index is 11.9. The van der Waals surface area contributed by atoms with Crippen molar-refractivity contribution in [1.29, 1.82) is 0 Å². The summed E-state index contributed by atoms with van der Waals surface area (Å²) in [5.41, 5.74) is 0. The third kappa shape index (κ3) is 18.9. The van der Waals surface area contributed by atoms with Crippen LogP contribution >= 0.6 is 0 Å². The molecule has 0 aromatic heterocycles. The summed E-state index contributed by atoms with van der Waals surface area (Å²) in [6.45, 7) is 2.24. The van der Waals surface area contributed by atoms with Crippen molar-refractivity contribution < 1.29 is 28.2 Å². The number of hydrogen-bond donors (Lipinski definition) is 3. The van der Waals surface area contributed by atoms with E-state index < -0.39 is 34.4 Å². The Hall–Kier alpha value is -1.15. The normalized spacial score (nSPS) is 12.7. The predicted octanol–water partition coefficient (Wildman–Crippen LogP) is 5.10. The van der Waals surface area contributed by atoms with Gasteiger partial charge in [0.05, 0.1) is 12.2 Å². The fraction of sp³-hybridized carbons (Fsp3) is 0.909. The number of carboxylic acids is 2. The minimum Gasteiger partial charge on any atom is -0.481 e. The molecular weight excluding hydrogens is 406 g/mol. The van der Waals surface area contributed by atoms with Gasteiger partial charge in [0.1, 0.15) is 6.04 Å². The molecule has 0 aliphatic rings. The van der Waals surface area contributed by atoms with Gasteiger partial charge in [-0.25, -0.2) is 13.1 Å². The van der Waals surface area contributed by atoms with Gasteiger partial charge in [-0.15, -0.1) is 0 Å². The molecule has 178 valence electrons. The number of rotatable bonds is 22. The first kappa shape index (κ1) is 28.9. The third-order valence-corrected chi connectivity index (χ3v) is 6.74. The summed E-state index contributed by atoms with van der Waals surface area (Å²) in [5.74, 6) is -3.00. The van der Waals surface area contributed by atoms with Gasteiger partial charge in [0.2, 0.25) is 10.0 Å². The topological polar surface area (TPSA) is 121 Å².